The van der Waals surface area contributed by atoms with E-state index in [0.29, 0.717) is 6.54 Å². The van der Waals surface area contributed by atoms with Gasteiger partial charge in [-0.1, -0.05) is 12.1 Å². The van der Waals surface area contributed by atoms with Crippen molar-refractivity contribution in [2.45, 2.75) is 33.2 Å². The first-order valence-corrected chi connectivity index (χ1v) is 8.56. The molecular weight excluding hydrogens is 439 g/mol. The molecule has 142 valence electrons. The maximum Gasteiger partial charge on any atom is 0.193 e. The summed E-state index contributed by atoms with van der Waals surface area (Å²) in [6.45, 7) is 9.40. The molecule has 0 radical (unpaired) electrons. The molecule has 0 aromatic carbocycles. The molecule has 2 heterocycles. The van der Waals surface area contributed by atoms with Gasteiger partial charge in [-0.3, -0.25) is 4.99 Å². The highest BCUT2D eigenvalue weighted by atomic mass is 127. The van der Waals surface area contributed by atoms with Crippen LogP contribution < -0.4 is 5.32 Å². The first-order valence-electron chi connectivity index (χ1n) is 8.56. The fourth-order valence-corrected chi connectivity index (χ4v) is 2.65. The van der Waals surface area contributed by atoms with E-state index >= 15 is 0 Å². The number of nitrogens with zero attached hydrogens (tertiary/aromatic N) is 5. The van der Waals surface area contributed by atoms with Crippen molar-refractivity contribution in [3.63, 3.8) is 0 Å². The third-order valence-electron chi connectivity index (χ3n) is 3.96. The molecule has 0 aliphatic heterocycles. The largest absolute Gasteiger partial charge is 0.352 e. The molecule has 0 saturated carbocycles. The van der Waals surface area contributed by atoms with Crippen LogP contribution in [-0.4, -0.2) is 46.3 Å². The van der Waals surface area contributed by atoms with E-state index in [1.807, 2.05) is 50.0 Å². The van der Waals surface area contributed by atoms with E-state index in [0.717, 1.165) is 48.1 Å². The van der Waals surface area contributed by atoms with Gasteiger partial charge in [0, 0.05) is 39.1 Å². The molecule has 0 aliphatic carbocycles. The van der Waals surface area contributed by atoms with E-state index in [9.17, 15) is 0 Å². The number of aromatic nitrogens is 3. The zero-order chi connectivity index (χ0) is 18.2. The third kappa shape index (κ3) is 6.12. The fourth-order valence-electron chi connectivity index (χ4n) is 2.65. The summed E-state index contributed by atoms with van der Waals surface area (Å²) in [5.74, 6) is 1.71. The van der Waals surface area contributed by atoms with Crippen molar-refractivity contribution in [2.75, 3.05) is 20.6 Å². The number of pyridine rings is 1. The number of unbranched alkanes of at least 4 members (excludes halogenated alkanes) is 1. The van der Waals surface area contributed by atoms with Gasteiger partial charge >= 0.3 is 0 Å². The first-order chi connectivity index (χ1) is 12.0. The van der Waals surface area contributed by atoms with Crippen LogP contribution in [0.15, 0.2) is 42.0 Å². The molecule has 6 nitrogen and oxygen atoms in total. The molecular formula is C19H29IN6. The molecule has 0 spiro atoms. The minimum absolute atomic E-state index is 0. The number of aryl methyl sites for hydroxylation is 2. The Morgan fingerprint density at radius 3 is 2.69 bits per heavy atom. The van der Waals surface area contributed by atoms with Crippen molar-refractivity contribution in [3.8, 4) is 5.82 Å². The van der Waals surface area contributed by atoms with E-state index in [1.54, 1.807) is 7.05 Å². The summed E-state index contributed by atoms with van der Waals surface area (Å²) in [6, 6.07) is 6.10. The second-order valence-corrected chi connectivity index (χ2v) is 6.12. The lowest BCUT2D eigenvalue weighted by molar-refractivity contribution is 0.470. The number of allylic oxidation sites excluding steroid dienone is 1. The van der Waals surface area contributed by atoms with Gasteiger partial charge in [0.1, 0.15) is 0 Å². The van der Waals surface area contributed by atoms with Crippen LogP contribution in [-0.2, 0) is 6.54 Å². The molecule has 2 aromatic heterocycles. The first kappa shape index (κ1) is 22.1. The number of hydrogen-bond acceptors (Lipinski definition) is 3. The van der Waals surface area contributed by atoms with E-state index < -0.39 is 0 Å². The maximum absolute atomic E-state index is 4.53. The minimum atomic E-state index is 0. The van der Waals surface area contributed by atoms with Crippen molar-refractivity contribution in [3.05, 3.63) is 54.0 Å². The van der Waals surface area contributed by atoms with Crippen molar-refractivity contribution in [2.24, 2.45) is 4.99 Å². The van der Waals surface area contributed by atoms with Gasteiger partial charge in [0.2, 0.25) is 0 Å². The van der Waals surface area contributed by atoms with Gasteiger partial charge in [0.15, 0.2) is 11.8 Å². The molecule has 7 heteroatoms. The monoisotopic (exact) mass is 468 g/mol. The van der Waals surface area contributed by atoms with Crippen molar-refractivity contribution in [1.82, 2.24) is 25.0 Å². The smallest absolute Gasteiger partial charge is 0.193 e. The SMILES string of the molecule is C=CCCCN(C)C(=NC)NCc1ccc(-n2nc(C)cc2C)nc1.I. The Morgan fingerprint density at radius 2 is 2.15 bits per heavy atom. The van der Waals surface area contributed by atoms with E-state index in [2.05, 4.69) is 37.9 Å². The molecule has 0 fully saturated rings. The maximum atomic E-state index is 4.53. The highest BCUT2D eigenvalue weighted by Gasteiger charge is 2.07. The lowest BCUT2D eigenvalue weighted by atomic mass is 10.2. The molecule has 0 saturated heterocycles. The van der Waals surface area contributed by atoms with Crippen LogP contribution in [0, 0.1) is 13.8 Å². The lowest BCUT2D eigenvalue weighted by Gasteiger charge is -2.21. The number of nitrogens with one attached hydrogen (secondary N) is 1. The van der Waals surface area contributed by atoms with Crippen molar-refractivity contribution >= 4 is 29.9 Å². The highest BCUT2D eigenvalue weighted by molar-refractivity contribution is 14.0. The standard InChI is InChI=1S/C19H28N6.HI/c1-6-7-8-11-24(5)19(20-4)22-14-17-9-10-18(21-13-17)25-16(3)12-15(2)23-25;/h6,9-10,12-13H,1,7-8,11,14H2,2-5H3,(H,20,22);1H. The summed E-state index contributed by atoms with van der Waals surface area (Å²) >= 11 is 0. The predicted molar refractivity (Wildman–Crippen MR) is 119 cm³/mol. The van der Waals surface area contributed by atoms with Crippen LogP contribution >= 0.6 is 24.0 Å². The summed E-state index contributed by atoms with van der Waals surface area (Å²) in [4.78, 5) is 11.0. The molecule has 0 aliphatic rings. The van der Waals surface area contributed by atoms with Gasteiger partial charge < -0.3 is 10.2 Å². The fraction of sp³-hybridized carbons (Fsp3) is 0.421. The van der Waals surface area contributed by atoms with E-state index in [-0.39, 0.29) is 24.0 Å². The Hall–Kier alpha value is -1.90. The van der Waals surface area contributed by atoms with Crippen molar-refractivity contribution in [1.29, 1.82) is 0 Å². The Balaban J connectivity index is 0.00000338. The summed E-state index contributed by atoms with van der Waals surface area (Å²) in [7, 11) is 3.85. The average Bonchev–Trinajstić information content (AvgIpc) is 2.94. The van der Waals surface area contributed by atoms with Crippen LogP contribution in [0.2, 0.25) is 0 Å². The van der Waals surface area contributed by atoms with Gasteiger partial charge in [0.05, 0.1) is 5.69 Å². The van der Waals surface area contributed by atoms with E-state index in [4.69, 9.17) is 0 Å². The van der Waals surface area contributed by atoms with Crippen LogP contribution in [0.5, 0.6) is 0 Å². The van der Waals surface area contributed by atoms with Crippen LogP contribution in [0.3, 0.4) is 0 Å². The summed E-state index contributed by atoms with van der Waals surface area (Å²) in [5, 5.41) is 7.84. The number of halogens is 1. The second kappa shape index (κ2) is 10.9. The zero-order valence-electron chi connectivity index (χ0n) is 16.1. The molecule has 0 unspecified atom stereocenters. The predicted octanol–water partition coefficient (Wildman–Crippen LogP) is 3.48. The van der Waals surface area contributed by atoms with Crippen molar-refractivity contribution < 1.29 is 0 Å². The molecule has 1 N–H and O–H groups in total. The highest BCUT2D eigenvalue weighted by Crippen LogP contribution is 2.10. The molecule has 0 bridgehead atoms. The minimum Gasteiger partial charge on any atom is -0.352 e. The Bertz CT molecular complexity index is 720. The van der Waals surface area contributed by atoms with Crippen LogP contribution in [0.4, 0.5) is 0 Å². The zero-order valence-corrected chi connectivity index (χ0v) is 18.4. The quantitative estimate of drug-likeness (QED) is 0.222. The van der Waals surface area contributed by atoms with Gasteiger partial charge in [-0.2, -0.15) is 5.10 Å². The van der Waals surface area contributed by atoms with Gasteiger partial charge in [-0.05, 0) is 44.4 Å². The van der Waals surface area contributed by atoms with E-state index in [1.165, 1.54) is 0 Å². The normalized spacial score (nSPS) is 11.0. The number of hydrogen-bond donors (Lipinski definition) is 1. The summed E-state index contributed by atoms with van der Waals surface area (Å²) in [6.07, 6.45) is 5.91. The van der Waals surface area contributed by atoms with Gasteiger partial charge in [-0.25, -0.2) is 9.67 Å². The average molecular weight is 468 g/mol. The topological polar surface area (TPSA) is 58.3 Å². The van der Waals surface area contributed by atoms with Crippen LogP contribution in [0.1, 0.15) is 29.8 Å². The summed E-state index contributed by atoms with van der Waals surface area (Å²) < 4.78 is 1.86. The van der Waals surface area contributed by atoms with Gasteiger partial charge in [-0.15, -0.1) is 30.6 Å². The Morgan fingerprint density at radius 1 is 1.38 bits per heavy atom. The number of guanidine groups is 1. The lowest BCUT2D eigenvalue weighted by Crippen LogP contribution is -2.39. The second-order valence-electron chi connectivity index (χ2n) is 6.12. The summed E-state index contributed by atoms with van der Waals surface area (Å²) in [5.41, 5.74) is 3.18. The molecule has 0 amide bonds. The molecule has 0 atom stereocenters. The Kier molecular flexibility index (Phi) is 9.32. The number of aliphatic imine (C=N–C) groups is 1. The molecule has 26 heavy (non-hydrogen) atoms. The van der Waals surface area contributed by atoms with Gasteiger partial charge in [0.25, 0.3) is 0 Å². The molecule has 2 aromatic rings. The molecule has 2 rings (SSSR count). The number of rotatable bonds is 7. The third-order valence-corrected chi connectivity index (χ3v) is 3.96. The van der Waals surface area contributed by atoms with Crippen LogP contribution in [0.25, 0.3) is 5.82 Å². The Labute approximate surface area is 173 Å².